The van der Waals surface area contributed by atoms with E-state index in [1.165, 1.54) is 23.1 Å². The van der Waals surface area contributed by atoms with Crippen molar-refractivity contribution < 1.29 is 13.2 Å². The predicted octanol–water partition coefficient (Wildman–Crippen LogP) is 4.52. The quantitative estimate of drug-likeness (QED) is 0.665. The molecule has 2 aromatic carbocycles. The molecule has 3 aromatic rings. The van der Waals surface area contributed by atoms with Crippen LogP contribution in [0.5, 0.6) is 0 Å². The van der Waals surface area contributed by atoms with Gasteiger partial charge in [0.15, 0.2) is 0 Å². The lowest BCUT2D eigenvalue weighted by Crippen LogP contribution is -2.17. The van der Waals surface area contributed by atoms with E-state index < -0.39 is 11.7 Å². The number of halogens is 3. The molecular formula is C18H17F3N2. The van der Waals surface area contributed by atoms with Crippen molar-refractivity contribution in [1.82, 2.24) is 10.3 Å². The van der Waals surface area contributed by atoms with Gasteiger partial charge in [0.2, 0.25) is 0 Å². The van der Waals surface area contributed by atoms with Gasteiger partial charge in [-0.2, -0.15) is 13.2 Å². The van der Waals surface area contributed by atoms with E-state index in [0.29, 0.717) is 18.7 Å². The van der Waals surface area contributed by atoms with E-state index in [-0.39, 0.29) is 0 Å². The number of H-pyrrole nitrogens is 1. The first-order valence-corrected chi connectivity index (χ1v) is 7.46. The first-order valence-electron chi connectivity index (χ1n) is 7.46. The zero-order chi connectivity index (χ0) is 16.3. The van der Waals surface area contributed by atoms with Gasteiger partial charge in [-0.25, -0.2) is 0 Å². The summed E-state index contributed by atoms with van der Waals surface area (Å²) in [5.41, 5.74) is 2.34. The summed E-state index contributed by atoms with van der Waals surface area (Å²) < 4.78 is 38.0. The van der Waals surface area contributed by atoms with Gasteiger partial charge in [0.05, 0.1) is 5.56 Å². The highest BCUT2D eigenvalue weighted by atomic mass is 19.4. The average Bonchev–Trinajstić information content (AvgIpc) is 2.94. The third-order valence-corrected chi connectivity index (χ3v) is 3.83. The van der Waals surface area contributed by atoms with E-state index in [1.54, 1.807) is 6.07 Å². The van der Waals surface area contributed by atoms with Gasteiger partial charge in [-0.3, -0.25) is 0 Å². The Morgan fingerprint density at radius 1 is 1.00 bits per heavy atom. The molecule has 0 bridgehead atoms. The molecule has 120 valence electrons. The SMILES string of the molecule is FC(F)(F)c1cccc(CNCCc2c[nH]c3ccccc23)c1. The first kappa shape index (κ1) is 15.6. The molecule has 0 aliphatic heterocycles. The highest BCUT2D eigenvalue weighted by Gasteiger charge is 2.30. The summed E-state index contributed by atoms with van der Waals surface area (Å²) in [7, 11) is 0. The largest absolute Gasteiger partial charge is 0.416 e. The molecule has 0 unspecified atom stereocenters. The lowest BCUT2D eigenvalue weighted by molar-refractivity contribution is -0.137. The summed E-state index contributed by atoms with van der Waals surface area (Å²) in [6.45, 7) is 1.13. The molecule has 0 aliphatic carbocycles. The summed E-state index contributed by atoms with van der Waals surface area (Å²) in [4.78, 5) is 3.22. The van der Waals surface area contributed by atoms with Crippen molar-refractivity contribution in [3.8, 4) is 0 Å². The van der Waals surface area contributed by atoms with Crippen LogP contribution in [0.4, 0.5) is 13.2 Å². The highest BCUT2D eigenvalue weighted by Crippen LogP contribution is 2.29. The van der Waals surface area contributed by atoms with E-state index in [9.17, 15) is 13.2 Å². The van der Waals surface area contributed by atoms with Crippen molar-refractivity contribution in [3.05, 3.63) is 71.4 Å². The van der Waals surface area contributed by atoms with Crippen LogP contribution < -0.4 is 5.32 Å². The number of aromatic amines is 1. The number of benzene rings is 2. The van der Waals surface area contributed by atoms with Crippen molar-refractivity contribution >= 4 is 10.9 Å². The van der Waals surface area contributed by atoms with Crippen LogP contribution in [0, 0.1) is 0 Å². The number of nitrogens with one attached hydrogen (secondary N) is 2. The fourth-order valence-corrected chi connectivity index (χ4v) is 2.65. The molecule has 0 fully saturated rings. The van der Waals surface area contributed by atoms with Crippen LogP contribution in [0.1, 0.15) is 16.7 Å². The molecule has 23 heavy (non-hydrogen) atoms. The lowest BCUT2D eigenvalue weighted by atomic mass is 10.1. The number of fused-ring (bicyclic) bond motifs is 1. The van der Waals surface area contributed by atoms with Gasteiger partial charge < -0.3 is 10.3 Å². The lowest BCUT2D eigenvalue weighted by Gasteiger charge is -2.09. The van der Waals surface area contributed by atoms with Crippen LogP contribution in [-0.4, -0.2) is 11.5 Å². The van der Waals surface area contributed by atoms with Gasteiger partial charge in [-0.15, -0.1) is 0 Å². The molecule has 0 radical (unpaired) electrons. The third kappa shape index (κ3) is 3.74. The van der Waals surface area contributed by atoms with Crippen LogP contribution in [0.3, 0.4) is 0 Å². The monoisotopic (exact) mass is 318 g/mol. The summed E-state index contributed by atoms with van der Waals surface area (Å²) in [5.74, 6) is 0. The van der Waals surface area contributed by atoms with Gasteiger partial charge in [-0.05, 0) is 36.2 Å². The molecule has 2 N–H and O–H groups in total. The third-order valence-electron chi connectivity index (χ3n) is 3.83. The Hall–Kier alpha value is -2.27. The summed E-state index contributed by atoms with van der Waals surface area (Å²) >= 11 is 0. The van der Waals surface area contributed by atoms with E-state index in [1.807, 2.05) is 24.4 Å². The van der Waals surface area contributed by atoms with Gasteiger partial charge >= 0.3 is 6.18 Å². The van der Waals surface area contributed by atoms with Gasteiger partial charge in [0.1, 0.15) is 0 Å². The average molecular weight is 318 g/mol. The number of para-hydroxylation sites is 1. The second-order valence-corrected chi connectivity index (χ2v) is 5.48. The van der Waals surface area contributed by atoms with Crippen molar-refractivity contribution in [1.29, 1.82) is 0 Å². The molecule has 0 spiro atoms. The Labute approximate surface area is 132 Å². The maximum atomic E-state index is 12.7. The van der Waals surface area contributed by atoms with Crippen LogP contribution in [-0.2, 0) is 19.1 Å². The molecule has 0 atom stereocenters. The van der Waals surface area contributed by atoms with Crippen LogP contribution >= 0.6 is 0 Å². The molecule has 0 amide bonds. The molecule has 0 saturated carbocycles. The normalized spacial score (nSPS) is 12.0. The Morgan fingerprint density at radius 2 is 1.83 bits per heavy atom. The zero-order valence-electron chi connectivity index (χ0n) is 12.5. The van der Waals surface area contributed by atoms with Gasteiger partial charge in [-0.1, -0.05) is 36.4 Å². The number of alkyl halides is 3. The van der Waals surface area contributed by atoms with E-state index in [0.717, 1.165) is 18.0 Å². The molecule has 2 nitrogen and oxygen atoms in total. The van der Waals surface area contributed by atoms with Crippen molar-refractivity contribution in [2.75, 3.05) is 6.54 Å². The van der Waals surface area contributed by atoms with E-state index in [2.05, 4.69) is 16.4 Å². The van der Waals surface area contributed by atoms with Gasteiger partial charge in [0.25, 0.3) is 0 Å². The Morgan fingerprint density at radius 3 is 2.65 bits per heavy atom. The minimum absolute atomic E-state index is 0.423. The standard InChI is InChI=1S/C18H17F3N2/c19-18(20,21)15-5-3-4-13(10-15)11-22-9-8-14-12-23-17-7-2-1-6-16(14)17/h1-7,10,12,22-23H,8-9,11H2. The van der Waals surface area contributed by atoms with Crippen molar-refractivity contribution in [2.45, 2.75) is 19.1 Å². The topological polar surface area (TPSA) is 27.8 Å². The molecule has 0 saturated heterocycles. The Balaban J connectivity index is 1.56. The van der Waals surface area contributed by atoms with Crippen LogP contribution in [0.25, 0.3) is 10.9 Å². The number of rotatable bonds is 5. The minimum Gasteiger partial charge on any atom is -0.361 e. The summed E-state index contributed by atoms with van der Waals surface area (Å²) in [6.07, 6.45) is -1.49. The second-order valence-electron chi connectivity index (χ2n) is 5.48. The van der Waals surface area contributed by atoms with Crippen LogP contribution in [0.15, 0.2) is 54.7 Å². The number of hydrogen-bond acceptors (Lipinski definition) is 1. The van der Waals surface area contributed by atoms with Crippen molar-refractivity contribution in [2.24, 2.45) is 0 Å². The minimum atomic E-state index is -4.29. The Kier molecular flexibility index (Phi) is 4.39. The highest BCUT2D eigenvalue weighted by molar-refractivity contribution is 5.83. The fourth-order valence-electron chi connectivity index (χ4n) is 2.65. The molecular weight excluding hydrogens is 301 g/mol. The summed E-state index contributed by atoms with van der Waals surface area (Å²) in [5, 5.41) is 4.39. The van der Waals surface area contributed by atoms with Crippen LogP contribution in [0.2, 0.25) is 0 Å². The maximum Gasteiger partial charge on any atom is 0.416 e. The molecule has 1 aromatic heterocycles. The second kappa shape index (κ2) is 6.46. The fraction of sp³-hybridized carbons (Fsp3) is 0.222. The number of aromatic nitrogens is 1. The summed E-state index contributed by atoms with van der Waals surface area (Å²) in [6, 6.07) is 13.5. The molecule has 0 aliphatic rings. The smallest absolute Gasteiger partial charge is 0.361 e. The maximum absolute atomic E-state index is 12.7. The predicted molar refractivity (Wildman–Crippen MR) is 85.2 cm³/mol. The number of hydrogen-bond donors (Lipinski definition) is 2. The van der Waals surface area contributed by atoms with Gasteiger partial charge in [0, 0.05) is 23.6 Å². The molecule has 3 rings (SSSR count). The van der Waals surface area contributed by atoms with E-state index >= 15 is 0 Å². The molecule has 1 heterocycles. The van der Waals surface area contributed by atoms with E-state index in [4.69, 9.17) is 0 Å². The Bertz CT molecular complexity index is 790. The molecule has 5 heteroatoms. The first-order chi connectivity index (χ1) is 11.0. The zero-order valence-corrected chi connectivity index (χ0v) is 12.5. The van der Waals surface area contributed by atoms with Crippen molar-refractivity contribution in [3.63, 3.8) is 0 Å².